The van der Waals surface area contributed by atoms with Crippen LogP contribution in [0.3, 0.4) is 0 Å². The first kappa shape index (κ1) is 15.0. The van der Waals surface area contributed by atoms with E-state index in [0.29, 0.717) is 24.5 Å². The Bertz CT molecular complexity index is 597. The van der Waals surface area contributed by atoms with Crippen LogP contribution in [0, 0.1) is 0 Å². The van der Waals surface area contributed by atoms with Crippen molar-refractivity contribution in [3.8, 4) is 11.6 Å². The van der Waals surface area contributed by atoms with Gasteiger partial charge in [-0.05, 0) is 30.2 Å². The number of nitrogens with two attached hydrogens (primary N) is 1. The summed E-state index contributed by atoms with van der Waals surface area (Å²) in [6.45, 7) is 2.42. The number of hydrogen-bond donors (Lipinski definition) is 2. The van der Waals surface area contributed by atoms with Gasteiger partial charge in [0.1, 0.15) is 5.75 Å². The van der Waals surface area contributed by atoms with Crippen LogP contribution in [0.4, 0.5) is 5.69 Å². The molecule has 0 unspecified atom stereocenters. The van der Waals surface area contributed by atoms with Gasteiger partial charge >= 0.3 is 0 Å². The first-order valence-electron chi connectivity index (χ1n) is 6.94. The van der Waals surface area contributed by atoms with E-state index in [1.807, 2.05) is 18.2 Å². The Morgan fingerprint density at radius 2 is 2.19 bits per heavy atom. The van der Waals surface area contributed by atoms with Crippen molar-refractivity contribution in [2.45, 2.75) is 19.8 Å². The molecule has 1 amide bonds. The SMILES string of the molecule is CCc1cccc(Oc2ccc(NC(=O)CCN)cn2)c1. The van der Waals surface area contributed by atoms with E-state index in [1.54, 1.807) is 18.3 Å². The summed E-state index contributed by atoms with van der Waals surface area (Å²) in [6, 6.07) is 11.3. The van der Waals surface area contributed by atoms with Gasteiger partial charge in [0, 0.05) is 19.0 Å². The summed E-state index contributed by atoms with van der Waals surface area (Å²) in [7, 11) is 0. The molecule has 2 aromatic rings. The van der Waals surface area contributed by atoms with E-state index in [9.17, 15) is 4.79 Å². The number of rotatable bonds is 6. The first-order chi connectivity index (χ1) is 10.2. The average Bonchev–Trinajstić information content (AvgIpc) is 2.50. The van der Waals surface area contributed by atoms with Crippen LogP contribution in [0.2, 0.25) is 0 Å². The van der Waals surface area contributed by atoms with Crippen LogP contribution >= 0.6 is 0 Å². The molecule has 2 rings (SSSR count). The van der Waals surface area contributed by atoms with Crippen molar-refractivity contribution in [3.63, 3.8) is 0 Å². The summed E-state index contributed by atoms with van der Waals surface area (Å²) in [5.74, 6) is 1.12. The molecule has 0 bridgehead atoms. The van der Waals surface area contributed by atoms with Crippen LogP contribution in [0.1, 0.15) is 18.9 Å². The zero-order chi connectivity index (χ0) is 15.1. The highest BCUT2D eigenvalue weighted by Crippen LogP contribution is 2.21. The molecule has 0 spiro atoms. The highest BCUT2D eigenvalue weighted by atomic mass is 16.5. The molecule has 0 radical (unpaired) electrons. The number of benzene rings is 1. The number of ether oxygens (including phenoxy) is 1. The zero-order valence-corrected chi connectivity index (χ0v) is 12.0. The van der Waals surface area contributed by atoms with Crippen molar-refractivity contribution in [1.82, 2.24) is 4.98 Å². The van der Waals surface area contributed by atoms with Crippen molar-refractivity contribution < 1.29 is 9.53 Å². The highest BCUT2D eigenvalue weighted by Gasteiger charge is 2.03. The van der Waals surface area contributed by atoms with Gasteiger partial charge in [-0.1, -0.05) is 19.1 Å². The summed E-state index contributed by atoms with van der Waals surface area (Å²) < 4.78 is 5.68. The fourth-order valence-electron chi connectivity index (χ4n) is 1.82. The Morgan fingerprint density at radius 1 is 1.33 bits per heavy atom. The monoisotopic (exact) mass is 285 g/mol. The van der Waals surface area contributed by atoms with Gasteiger partial charge in [0.2, 0.25) is 11.8 Å². The van der Waals surface area contributed by atoms with Crippen LogP contribution in [0.25, 0.3) is 0 Å². The number of pyridine rings is 1. The van der Waals surface area contributed by atoms with Crippen LogP contribution in [-0.4, -0.2) is 17.4 Å². The molecule has 0 saturated carbocycles. The lowest BCUT2D eigenvalue weighted by Crippen LogP contribution is -2.16. The smallest absolute Gasteiger partial charge is 0.225 e. The number of aryl methyl sites for hydroxylation is 1. The van der Waals surface area contributed by atoms with Crippen LogP contribution in [0.5, 0.6) is 11.6 Å². The quantitative estimate of drug-likeness (QED) is 0.855. The number of carbonyl (C=O) groups excluding carboxylic acids is 1. The Hall–Kier alpha value is -2.40. The predicted octanol–water partition coefficient (Wildman–Crippen LogP) is 2.72. The summed E-state index contributed by atoms with van der Waals surface area (Å²) >= 11 is 0. The molecule has 0 saturated heterocycles. The largest absolute Gasteiger partial charge is 0.439 e. The number of anilines is 1. The maximum absolute atomic E-state index is 11.4. The molecule has 0 aliphatic rings. The van der Waals surface area contributed by atoms with Gasteiger partial charge in [0.25, 0.3) is 0 Å². The van der Waals surface area contributed by atoms with Gasteiger partial charge < -0.3 is 15.8 Å². The molecular formula is C16H19N3O2. The number of hydrogen-bond acceptors (Lipinski definition) is 4. The summed E-state index contributed by atoms with van der Waals surface area (Å²) in [4.78, 5) is 15.6. The van der Waals surface area contributed by atoms with Gasteiger partial charge in [-0.25, -0.2) is 4.98 Å². The Morgan fingerprint density at radius 3 is 2.86 bits per heavy atom. The fraction of sp³-hybridized carbons (Fsp3) is 0.250. The lowest BCUT2D eigenvalue weighted by Gasteiger charge is -2.07. The summed E-state index contributed by atoms with van der Waals surface area (Å²) in [6.07, 6.45) is 2.81. The summed E-state index contributed by atoms with van der Waals surface area (Å²) in [5.41, 5.74) is 7.15. The Kier molecular flexibility index (Phi) is 5.29. The van der Waals surface area contributed by atoms with Crippen molar-refractivity contribution in [1.29, 1.82) is 0 Å². The summed E-state index contributed by atoms with van der Waals surface area (Å²) in [5, 5.41) is 2.72. The third-order valence-electron chi connectivity index (χ3n) is 2.92. The molecule has 1 aromatic carbocycles. The lowest BCUT2D eigenvalue weighted by molar-refractivity contribution is -0.116. The van der Waals surface area contributed by atoms with Gasteiger partial charge in [-0.3, -0.25) is 4.79 Å². The molecule has 0 aliphatic carbocycles. The van der Waals surface area contributed by atoms with Gasteiger partial charge in [0.15, 0.2) is 0 Å². The molecule has 1 aromatic heterocycles. The van der Waals surface area contributed by atoms with E-state index in [1.165, 1.54) is 5.56 Å². The molecule has 3 N–H and O–H groups in total. The van der Waals surface area contributed by atoms with Gasteiger partial charge in [-0.15, -0.1) is 0 Å². The number of amides is 1. The van der Waals surface area contributed by atoms with E-state index >= 15 is 0 Å². The number of carbonyl (C=O) groups is 1. The van der Waals surface area contributed by atoms with Crippen LogP contribution in [-0.2, 0) is 11.2 Å². The van der Waals surface area contributed by atoms with Crippen LogP contribution < -0.4 is 15.8 Å². The normalized spacial score (nSPS) is 10.2. The standard InChI is InChI=1S/C16H19N3O2/c1-2-12-4-3-5-14(10-12)21-16-7-6-13(11-18-16)19-15(20)8-9-17/h3-7,10-11H,2,8-9,17H2,1H3,(H,19,20). The van der Waals surface area contributed by atoms with Crippen molar-refractivity contribution in [3.05, 3.63) is 48.2 Å². The third kappa shape index (κ3) is 4.57. The molecular weight excluding hydrogens is 266 g/mol. The van der Waals surface area contributed by atoms with E-state index < -0.39 is 0 Å². The van der Waals surface area contributed by atoms with E-state index in [0.717, 1.165) is 12.2 Å². The predicted molar refractivity (Wildman–Crippen MR) is 82.4 cm³/mol. The molecule has 0 aliphatic heterocycles. The van der Waals surface area contributed by atoms with Crippen molar-refractivity contribution in [2.75, 3.05) is 11.9 Å². The average molecular weight is 285 g/mol. The maximum atomic E-state index is 11.4. The number of nitrogens with one attached hydrogen (secondary N) is 1. The second-order valence-electron chi connectivity index (χ2n) is 4.57. The molecule has 0 fully saturated rings. The number of aromatic nitrogens is 1. The zero-order valence-electron chi connectivity index (χ0n) is 12.0. The minimum absolute atomic E-state index is 0.122. The van der Waals surface area contributed by atoms with Gasteiger partial charge in [0.05, 0.1) is 11.9 Å². The minimum Gasteiger partial charge on any atom is -0.439 e. The molecule has 5 heteroatoms. The van der Waals surface area contributed by atoms with E-state index in [4.69, 9.17) is 10.5 Å². The molecule has 21 heavy (non-hydrogen) atoms. The fourth-order valence-corrected chi connectivity index (χ4v) is 1.82. The van der Waals surface area contributed by atoms with Gasteiger partial charge in [-0.2, -0.15) is 0 Å². The Balaban J connectivity index is 2.00. The highest BCUT2D eigenvalue weighted by molar-refractivity contribution is 5.90. The molecule has 1 heterocycles. The lowest BCUT2D eigenvalue weighted by atomic mass is 10.2. The molecule has 5 nitrogen and oxygen atoms in total. The van der Waals surface area contributed by atoms with E-state index in [2.05, 4.69) is 23.3 Å². The Labute approximate surface area is 124 Å². The van der Waals surface area contributed by atoms with Crippen molar-refractivity contribution in [2.24, 2.45) is 5.73 Å². The second-order valence-corrected chi connectivity index (χ2v) is 4.57. The van der Waals surface area contributed by atoms with E-state index in [-0.39, 0.29) is 5.91 Å². The van der Waals surface area contributed by atoms with Crippen LogP contribution in [0.15, 0.2) is 42.6 Å². The van der Waals surface area contributed by atoms with Crippen molar-refractivity contribution >= 4 is 11.6 Å². The molecule has 110 valence electrons. The molecule has 0 atom stereocenters. The minimum atomic E-state index is -0.122. The third-order valence-corrected chi connectivity index (χ3v) is 2.92. The number of nitrogens with zero attached hydrogens (tertiary/aromatic N) is 1. The maximum Gasteiger partial charge on any atom is 0.225 e. The second kappa shape index (κ2) is 7.40. The first-order valence-corrected chi connectivity index (χ1v) is 6.94. The topological polar surface area (TPSA) is 77.2 Å².